The van der Waals surface area contributed by atoms with Crippen LogP contribution in [0.1, 0.15) is 25.8 Å². The van der Waals surface area contributed by atoms with Gasteiger partial charge in [-0.2, -0.15) is 0 Å². The first-order valence-corrected chi connectivity index (χ1v) is 6.46. The molecule has 0 saturated heterocycles. The summed E-state index contributed by atoms with van der Waals surface area (Å²) in [6.45, 7) is 3.55. The highest BCUT2D eigenvalue weighted by Crippen LogP contribution is 2.33. The molecule has 0 aliphatic carbocycles. The van der Waals surface area contributed by atoms with Gasteiger partial charge in [0.05, 0.1) is 5.41 Å². The smallest absolute Gasteiger partial charge is 0.309 e. The predicted octanol–water partition coefficient (Wildman–Crippen LogP) is 3.29. The normalized spacial score (nSPS) is 18.6. The first-order valence-electron chi connectivity index (χ1n) is 5.67. The Labute approximate surface area is 109 Å². The van der Waals surface area contributed by atoms with Crippen molar-refractivity contribution in [2.75, 3.05) is 5.32 Å². The fourth-order valence-electron chi connectivity index (χ4n) is 2.23. The van der Waals surface area contributed by atoms with E-state index in [-0.39, 0.29) is 6.04 Å². The van der Waals surface area contributed by atoms with Crippen LogP contribution in [0.5, 0.6) is 0 Å². The number of rotatable bonds is 3. The molecule has 0 fully saturated rings. The van der Waals surface area contributed by atoms with Gasteiger partial charge in [0.2, 0.25) is 0 Å². The third kappa shape index (κ3) is 2.63. The van der Waals surface area contributed by atoms with Gasteiger partial charge in [0.25, 0.3) is 0 Å². The van der Waals surface area contributed by atoms with Crippen molar-refractivity contribution >= 4 is 27.6 Å². The van der Waals surface area contributed by atoms with Gasteiger partial charge < -0.3 is 10.4 Å². The number of fused-ring (bicyclic) bond motifs is 1. The Kier molecular flexibility index (Phi) is 3.17. The van der Waals surface area contributed by atoms with E-state index in [2.05, 4.69) is 27.3 Å². The summed E-state index contributed by atoms with van der Waals surface area (Å²) in [5, 5.41) is 12.5. The lowest BCUT2D eigenvalue weighted by Crippen LogP contribution is -2.31. The molecule has 1 aromatic carbocycles. The van der Waals surface area contributed by atoms with Crippen LogP contribution < -0.4 is 5.32 Å². The minimum absolute atomic E-state index is 0.213. The number of nitrogens with one attached hydrogen (secondary N) is 1. The van der Waals surface area contributed by atoms with Crippen molar-refractivity contribution in [2.24, 2.45) is 5.41 Å². The van der Waals surface area contributed by atoms with Gasteiger partial charge in [0, 0.05) is 16.2 Å². The zero-order valence-electron chi connectivity index (χ0n) is 9.96. The van der Waals surface area contributed by atoms with E-state index >= 15 is 0 Å². The van der Waals surface area contributed by atoms with Crippen LogP contribution in [0.4, 0.5) is 5.69 Å². The predicted molar refractivity (Wildman–Crippen MR) is 71.3 cm³/mol. The van der Waals surface area contributed by atoms with Crippen LogP contribution in [0.15, 0.2) is 22.7 Å². The largest absolute Gasteiger partial charge is 0.481 e. The van der Waals surface area contributed by atoms with Gasteiger partial charge in [-0.3, -0.25) is 4.79 Å². The van der Waals surface area contributed by atoms with Crippen LogP contribution in [-0.4, -0.2) is 17.1 Å². The Bertz CT molecular complexity index is 457. The second-order valence-corrected chi connectivity index (χ2v) is 6.16. The molecule has 1 unspecified atom stereocenters. The van der Waals surface area contributed by atoms with Crippen LogP contribution in [0, 0.1) is 5.41 Å². The minimum atomic E-state index is -0.739. The summed E-state index contributed by atoms with van der Waals surface area (Å²) in [5.74, 6) is -0.739. The van der Waals surface area contributed by atoms with Gasteiger partial charge in [0.15, 0.2) is 0 Å². The number of carboxylic acids is 1. The van der Waals surface area contributed by atoms with E-state index in [4.69, 9.17) is 5.11 Å². The van der Waals surface area contributed by atoms with Gasteiger partial charge in [-0.05, 0) is 50.5 Å². The van der Waals surface area contributed by atoms with Crippen molar-refractivity contribution in [3.8, 4) is 0 Å². The number of carbonyl (C=O) groups is 1. The Hall–Kier alpha value is -1.03. The van der Waals surface area contributed by atoms with Crippen molar-refractivity contribution in [1.82, 2.24) is 0 Å². The van der Waals surface area contributed by atoms with Crippen LogP contribution in [0.3, 0.4) is 0 Å². The minimum Gasteiger partial charge on any atom is -0.481 e. The summed E-state index contributed by atoms with van der Waals surface area (Å²) >= 11 is 3.45. The van der Waals surface area contributed by atoms with E-state index in [1.54, 1.807) is 13.8 Å². The monoisotopic (exact) mass is 297 g/mol. The molecule has 3 nitrogen and oxygen atoms in total. The fourth-order valence-corrected chi connectivity index (χ4v) is 2.64. The van der Waals surface area contributed by atoms with Crippen molar-refractivity contribution in [3.63, 3.8) is 0 Å². The quantitative estimate of drug-likeness (QED) is 0.900. The van der Waals surface area contributed by atoms with Crippen molar-refractivity contribution in [3.05, 3.63) is 28.2 Å². The highest BCUT2D eigenvalue weighted by atomic mass is 79.9. The molecule has 17 heavy (non-hydrogen) atoms. The molecule has 1 heterocycles. The maximum Gasteiger partial charge on any atom is 0.309 e. The van der Waals surface area contributed by atoms with Crippen molar-refractivity contribution in [2.45, 2.75) is 32.7 Å². The van der Waals surface area contributed by atoms with Crippen LogP contribution in [0.2, 0.25) is 0 Å². The topological polar surface area (TPSA) is 49.3 Å². The van der Waals surface area contributed by atoms with Crippen LogP contribution in [-0.2, 0) is 11.2 Å². The lowest BCUT2D eigenvalue weighted by Gasteiger charge is -2.23. The summed E-state index contributed by atoms with van der Waals surface area (Å²) in [5.41, 5.74) is 1.70. The zero-order chi connectivity index (χ0) is 12.6. The molecule has 4 heteroatoms. The van der Waals surface area contributed by atoms with Crippen molar-refractivity contribution in [1.29, 1.82) is 0 Å². The molecule has 0 aromatic heterocycles. The third-order valence-electron chi connectivity index (χ3n) is 3.23. The summed E-state index contributed by atoms with van der Waals surface area (Å²) in [4.78, 5) is 11.1. The lowest BCUT2D eigenvalue weighted by atomic mass is 9.85. The van der Waals surface area contributed by atoms with E-state index in [0.717, 1.165) is 16.6 Å². The molecular formula is C13H16BrNO2. The van der Waals surface area contributed by atoms with Crippen LogP contribution >= 0.6 is 15.9 Å². The van der Waals surface area contributed by atoms with E-state index < -0.39 is 11.4 Å². The second-order valence-electron chi connectivity index (χ2n) is 5.24. The number of halogens is 1. The number of hydrogen-bond donors (Lipinski definition) is 2. The summed E-state index contributed by atoms with van der Waals surface area (Å²) < 4.78 is 1.07. The molecule has 92 valence electrons. The van der Waals surface area contributed by atoms with Gasteiger partial charge in [-0.25, -0.2) is 0 Å². The summed E-state index contributed by atoms with van der Waals surface area (Å²) in [6, 6.07) is 6.34. The second kappa shape index (κ2) is 4.33. The number of aliphatic carboxylic acids is 1. The van der Waals surface area contributed by atoms with Gasteiger partial charge >= 0.3 is 5.97 Å². The van der Waals surface area contributed by atoms with E-state index in [1.807, 2.05) is 12.1 Å². The first kappa shape index (κ1) is 12.4. The van der Waals surface area contributed by atoms with Gasteiger partial charge in [-0.15, -0.1) is 0 Å². The fraction of sp³-hybridized carbons (Fsp3) is 0.462. The highest BCUT2D eigenvalue weighted by Gasteiger charge is 2.33. The van der Waals surface area contributed by atoms with Gasteiger partial charge in [0.1, 0.15) is 0 Å². The van der Waals surface area contributed by atoms with E-state index in [1.165, 1.54) is 5.56 Å². The average Bonchev–Trinajstić information content (AvgIpc) is 2.57. The lowest BCUT2D eigenvalue weighted by molar-refractivity contribution is -0.147. The maximum absolute atomic E-state index is 11.1. The molecule has 0 radical (unpaired) electrons. The number of benzene rings is 1. The summed E-state index contributed by atoms with van der Waals surface area (Å²) in [7, 11) is 0. The van der Waals surface area contributed by atoms with E-state index in [9.17, 15) is 4.79 Å². The Morgan fingerprint density at radius 3 is 2.94 bits per heavy atom. The van der Waals surface area contributed by atoms with Crippen LogP contribution in [0.25, 0.3) is 0 Å². The molecule has 1 aliphatic rings. The number of carboxylic acid groups (broad SMARTS) is 1. The average molecular weight is 298 g/mol. The molecule has 0 bridgehead atoms. The molecule has 0 spiro atoms. The molecule has 1 atom stereocenters. The molecule has 1 aliphatic heterocycles. The molecule has 1 aromatic rings. The number of anilines is 1. The number of hydrogen-bond acceptors (Lipinski definition) is 2. The third-order valence-corrected chi connectivity index (χ3v) is 3.72. The zero-order valence-corrected chi connectivity index (χ0v) is 11.5. The van der Waals surface area contributed by atoms with E-state index in [0.29, 0.717) is 6.42 Å². The first-order chi connectivity index (χ1) is 7.88. The molecular weight excluding hydrogens is 282 g/mol. The molecule has 0 amide bonds. The standard InChI is InChI=1S/C13H16BrNO2/c1-13(2,12(16)17)7-10-6-8-5-9(14)3-4-11(8)15-10/h3-5,10,15H,6-7H2,1-2H3,(H,16,17). The van der Waals surface area contributed by atoms with Crippen molar-refractivity contribution < 1.29 is 9.90 Å². The van der Waals surface area contributed by atoms with Gasteiger partial charge in [-0.1, -0.05) is 15.9 Å². The Balaban J connectivity index is 2.08. The Morgan fingerprint density at radius 1 is 1.59 bits per heavy atom. The summed E-state index contributed by atoms with van der Waals surface area (Å²) in [6.07, 6.45) is 1.53. The highest BCUT2D eigenvalue weighted by molar-refractivity contribution is 9.10. The maximum atomic E-state index is 11.1. The molecule has 2 N–H and O–H groups in total. The SMILES string of the molecule is CC(C)(CC1Cc2cc(Br)ccc2N1)C(=O)O. The Morgan fingerprint density at radius 2 is 2.29 bits per heavy atom. The molecule has 0 saturated carbocycles. The molecule has 2 rings (SSSR count).